The van der Waals surface area contributed by atoms with Crippen molar-refractivity contribution in [1.29, 1.82) is 0 Å². The Labute approximate surface area is 128 Å². The lowest BCUT2D eigenvalue weighted by Gasteiger charge is -2.18. The summed E-state index contributed by atoms with van der Waals surface area (Å²) >= 11 is 0. The first kappa shape index (κ1) is 13.9. The largest absolute Gasteiger partial charge is 0.401 e. The molecule has 0 fully saturated rings. The molecule has 1 atom stereocenters. The fourth-order valence-electron chi connectivity index (χ4n) is 2.44. The molecule has 3 aromatic rings. The molecule has 0 radical (unpaired) electrons. The first-order valence-corrected chi connectivity index (χ1v) is 7.03. The van der Waals surface area contributed by atoms with Gasteiger partial charge in [0.15, 0.2) is 0 Å². The van der Waals surface area contributed by atoms with Gasteiger partial charge >= 0.3 is 0 Å². The van der Waals surface area contributed by atoms with Crippen molar-refractivity contribution in [2.75, 3.05) is 0 Å². The average molecular weight is 291 g/mol. The molecular formula is C18H17N3O. The van der Waals surface area contributed by atoms with Gasteiger partial charge in [-0.2, -0.15) is 0 Å². The van der Waals surface area contributed by atoms with Crippen LogP contribution < -0.4 is 11.1 Å². The lowest BCUT2D eigenvalue weighted by molar-refractivity contribution is 0.0938. The molecule has 1 aromatic heterocycles. The molecule has 110 valence electrons. The van der Waals surface area contributed by atoms with Gasteiger partial charge in [0.05, 0.1) is 6.04 Å². The molecule has 1 unspecified atom stereocenters. The molecule has 4 heteroatoms. The van der Waals surface area contributed by atoms with Gasteiger partial charge in [-0.1, -0.05) is 55.1 Å². The van der Waals surface area contributed by atoms with E-state index in [1.807, 2.05) is 60.7 Å². The highest BCUT2D eigenvalue weighted by atomic mass is 16.1. The summed E-state index contributed by atoms with van der Waals surface area (Å²) in [4.78, 5) is 15.6. The Balaban J connectivity index is 1.86. The van der Waals surface area contributed by atoms with Gasteiger partial charge in [-0.25, -0.2) is 0 Å². The quantitative estimate of drug-likeness (QED) is 0.691. The summed E-state index contributed by atoms with van der Waals surface area (Å²) in [6, 6.07) is 18.7. The van der Waals surface area contributed by atoms with E-state index in [0.29, 0.717) is 11.4 Å². The second-order valence-electron chi connectivity index (χ2n) is 5.16. The van der Waals surface area contributed by atoms with Crippen molar-refractivity contribution in [3.8, 4) is 0 Å². The van der Waals surface area contributed by atoms with Crippen molar-refractivity contribution in [2.45, 2.75) is 6.04 Å². The zero-order valence-electron chi connectivity index (χ0n) is 12.0. The topological polar surface area (TPSA) is 70.9 Å². The van der Waals surface area contributed by atoms with Crippen LogP contribution in [-0.2, 0) is 0 Å². The number of rotatable bonds is 4. The number of aromatic amines is 1. The number of nitrogens with one attached hydrogen (secondary N) is 2. The number of benzene rings is 2. The van der Waals surface area contributed by atoms with Crippen LogP contribution in [0, 0.1) is 0 Å². The third kappa shape index (κ3) is 2.72. The number of H-pyrrole nitrogens is 1. The Bertz CT molecular complexity index is 787. The van der Waals surface area contributed by atoms with E-state index in [1.54, 1.807) is 0 Å². The van der Waals surface area contributed by atoms with Crippen LogP contribution in [0.25, 0.3) is 10.9 Å². The SMILES string of the molecule is C=C(N)C(NC(=O)c1cc2ccccc2[nH]1)c1ccccc1. The summed E-state index contributed by atoms with van der Waals surface area (Å²) in [5.41, 5.74) is 8.58. The van der Waals surface area contributed by atoms with Crippen LogP contribution >= 0.6 is 0 Å². The van der Waals surface area contributed by atoms with Crippen LogP contribution in [0.3, 0.4) is 0 Å². The van der Waals surface area contributed by atoms with E-state index >= 15 is 0 Å². The minimum atomic E-state index is -0.417. The summed E-state index contributed by atoms with van der Waals surface area (Å²) < 4.78 is 0. The molecule has 2 aromatic carbocycles. The molecule has 1 heterocycles. The van der Waals surface area contributed by atoms with Crippen molar-refractivity contribution >= 4 is 16.8 Å². The first-order chi connectivity index (χ1) is 10.6. The molecule has 0 spiro atoms. The second kappa shape index (κ2) is 5.77. The van der Waals surface area contributed by atoms with Crippen molar-refractivity contribution in [1.82, 2.24) is 10.3 Å². The zero-order chi connectivity index (χ0) is 15.5. The van der Waals surface area contributed by atoms with Crippen molar-refractivity contribution in [3.63, 3.8) is 0 Å². The standard InChI is InChI=1S/C18H17N3O/c1-12(19)17(13-7-3-2-4-8-13)21-18(22)16-11-14-9-5-6-10-15(14)20-16/h2-11,17,20H,1,19H2,(H,21,22). The molecule has 4 N–H and O–H groups in total. The van der Waals surface area contributed by atoms with Crippen molar-refractivity contribution in [2.24, 2.45) is 5.73 Å². The van der Waals surface area contributed by atoms with Crippen LogP contribution in [0.15, 0.2) is 72.9 Å². The number of amides is 1. The minimum Gasteiger partial charge on any atom is -0.401 e. The maximum atomic E-state index is 12.5. The molecular weight excluding hydrogens is 274 g/mol. The van der Waals surface area contributed by atoms with E-state index in [2.05, 4.69) is 16.9 Å². The number of hydrogen-bond donors (Lipinski definition) is 3. The summed E-state index contributed by atoms with van der Waals surface area (Å²) in [5, 5.41) is 3.91. The Hall–Kier alpha value is -3.01. The molecule has 0 aliphatic carbocycles. The number of carbonyl (C=O) groups excluding carboxylic acids is 1. The average Bonchev–Trinajstić information content (AvgIpc) is 2.97. The fraction of sp³-hybridized carbons (Fsp3) is 0.0556. The van der Waals surface area contributed by atoms with Gasteiger partial charge in [-0.3, -0.25) is 4.79 Å². The fourth-order valence-corrected chi connectivity index (χ4v) is 2.44. The molecule has 0 bridgehead atoms. The number of fused-ring (bicyclic) bond motifs is 1. The second-order valence-corrected chi connectivity index (χ2v) is 5.16. The smallest absolute Gasteiger partial charge is 0.268 e. The normalized spacial score (nSPS) is 12.0. The molecule has 4 nitrogen and oxygen atoms in total. The van der Waals surface area contributed by atoms with E-state index in [1.165, 1.54) is 0 Å². The summed E-state index contributed by atoms with van der Waals surface area (Å²) in [6.45, 7) is 3.77. The highest BCUT2D eigenvalue weighted by Crippen LogP contribution is 2.19. The van der Waals surface area contributed by atoms with Crippen molar-refractivity contribution < 1.29 is 4.79 Å². The highest BCUT2D eigenvalue weighted by molar-refractivity contribution is 5.98. The molecule has 3 rings (SSSR count). The van der Waals surface area contributed by atoms with Gasteiger partial charge in [0.25, 0.3) is 5.91 Å². The van der Waals surface area contributed by atoms with E-state index in [9.17, 15) is 4.79 Å². The Morgan fingerprint density at radius 1 is 1.09 bits per heavy atom. The highest BCUT2D eigenvalue weighted by Gasteiger charge is 2.18. The van der Waals surface area contributed by atoms with E-state index < -0.39 is 6.04 Å². The predicted molar refractivity (Wildman–Crippen MR) is 88.3 cm³/mol. The lowest BCUT2D eigenvalue weighted by Crippen LogP contribution is -2.31. The zero-order valence-corrected chi connectivity index (χ0v) is 12.0. The molecule has 22 heavy (non-hydrogen) atoms. The first-order valence-electron chi connectivity index (χ1n) is 7.03. The Morgan fingerprint density at radius 2 is 1.77 bits per heavy atom. The lowest BCUT2D eigenvalue weighted by atomic mass is 10.0. The van der Waals surface area contributed by atoms with E-state index in [4.69, 9.17) is 5.73 Å². The maximum Gasteiger partial charge on any atom is 0.268 e. The van der Waals surface area contributed by atoms with Crippen LogP contribution in [0.2, 0.25) is 0 Å². The number of nitrogens with two attached hydrogens (primary N) is 1. The van der Waals surface area contributed by atoms with E-state index in [0.717, 1.165) is 16.5 Å². The van der Waals surface area contributed by atoms with Gasteiger partial charge in [0.1, 0.15) is 5.69 Å². The molecule has 0 saturated heterocycles. The van der Waals surface area contributed by atoms with Gasteiger partial charge < -0.3 is 16.0 Å². The Kier molecular flexibility index (Phi) is 3.66. The number of aromatic nitrogens is 1. The summed E-state index contributed by atoms with van der Waals surface area (Å²) in [5.74, 6) is -0.211. The summed E-state index contributed by atoms with van der Waals surface area (Å²) in [7, 11) is 0. The van der Waals surface area contributed by atoms with Crippen LogP contribution in [0.4, 0.5) is 0 Å². The van der Waals surface area contributed by atoms with Crippen molar-refractivity contribution in [3.05, 3.63) is 84.2 Å². The minimum absolute atomic E-state index is 0.211. The van der Waals surface area contributed by atoms with Gasteiger partial charge in [0, 0.05) is 16.6 Å². The molecule has 0 aliphatic rings. The molecule has 0 saturated carbocycles. The van der Waals surface area contributed by atoms with Crippen LogP contribution in [0.1, 0.15) is 22.1 Å². The third-order valence-electron chi connectivity index (χ3n) is 3.55. The van der Waals surface area contributed by atoms with Crippen LogP contribution in [-0.4, -0.2) is 10.9 Å². The van der Waals surface area contributed by atoms with Gasteiger partial charge in [0.2, 0.25) is 0 Å². The van der Waals surface area contributed by atoms with Crippen LogP contribution in [0.5, 0.6) is 0 Å². The predicted octanol–water partition coefficient (Wildman–Crippen LogP) is 3.11. The monoisotopic (exact) mass is 291 g/mol. The number of hydrogen-bond acceptors (Lipinski definition) is 2. The summed E-state index contributed by atoms with van der Waals surface area (Å²) in [6.07, 6.45) is 0. The van der Waals surface area contributed by atoms with Gasteiger partial charge in [-0.05, 0) is 17.7 Å². The Morgan fingerprint density at radius 3 is 2.45 bits per heavy atom. The third-order valence-corrected chi connectivity index (χ3v) is 3.55. The molecule has 1 amide bonds. The number of carbonyl (C=O) groups is 1. The maximum absolute atomic E-state index is 12.5. The van der Waals surface area contributed by atoms with E-state index in [-0.39, 0.29) is 5.91 Å². The van der Waals surface area contributed by atoms with Gasteiger partial charge in [-0.15, -0.1) is 0 Å². The number of para-hydroxylation sites is 1. The molecule has 0 aliphatic heterocycles.